The fourth-order valence-corrected chi connectivity index (χ4v) is 2.05. The zero-order chi connectivity index (χ0) is 31.9. The number of para-hydroxylation sites is 2. The normalized spacial score (nSPS) is 8.48. The van der Waals surface area contributed by atoms with Gasteiger partial charge in [-0.15, -0.1) is 19.7 Å². The molecule has 0 aliphatic rings. The average molecular weight is 913 g/mol. The number of carboxylic acid groups (broad SMARTS) is 1. The fraction of sp³-hybridized carbons (Fsp3) is 0.300. The van der Waals surface area contributed by atoms with Crippen LogP contribution in [0.4, 0.5) is 0 Å². The molecular formula is C30H44AcIN3O7. The maximum atomic E-state index is 11.3. The molecule has 0 spiro atoms. The van der Waals surface area contributed by atoms with Crippen LogP contribution in [0.2, 0.25) is 0 Å². The van der Waals surface area contributed by atoms with Crippen molar-refractivity contribution in [2.45, 2.75) is 26.2 Å². The van der Waals surface area contributed by atoms with Crippen LogP contribution in [-0.2, 0) is 4.79 Å². The number of alkyl halides is 1. The van der Waals surface area contributed by atoms with Crippen molar-refractivity contribution in [1.82, 2.24) is 10.6 Å². The van der Waals surface area contributed by atoms with Crippen LogP contribution in [-0.4, -0.2) is 68.9 Å². The number of carbonyl (C=O) groups is 3. The summed E-state index contributed by atoms with van der Waals surface area (Å²) in [6.45, 7) is 13.4. The van der Waals surface area contributed by atoms with Crippen molar-refractivity contribution in [3.63, 3.8) is 0 Å². The molecule has 42 heavy (non-hydrogen) atoms. The number of aliphatic carboxylic acids is 1. The van der Waals surface area contributed by atoms with E-state index in [1.807, 2.05) is 0 Å². The van der Waals surface area contributed by atoms with Crippen molar-refractivity contribution in [2.75, 3.05) is 30.7 Å². The van der Waals surface area contributed by atoms with Crippen LogP contribution in [0.1, 0.15) is 46.9 Å². The van der Waals surface area contributed by atoms with E-state index in [-0.39, 0.29) is 79.2 Å². The average Bonchev–Trinajstić information content (AvgIpc) is 2.97. The molecule has 1 radical (unpaired) electrons. The van der Waals surface area contributed by atoms with Gasteiger partial charge < -0.3 is 36.8 Å². The summed E-state index contributed by atoms with van der Waals surface area (Å²) in [5.41, 5.74) is 5.41. The van der Waals surface area contributed by atoms with Crippen molar-refractivity contribution < 1.29 is 78.9 Å². The van der Waals surface area contributed by atoms with Gasteiger partial charge in [0.2, 0.25) is 0 Å². The third-order valence-corrected chi connectivity index (χ3v) is 5.08. The summed E-state index contributed by atoms with van der Waals surface area (Å²) < 4.78 is 1.29. The minimum Gasteiger partial charge on any atom is -0.507 e. The number of halogens is 1. The van der Waals surface area contributed by atoms with Crippen molar-refractivity contribution in [1.29, 1.82) is 0 Å². The van der Waals surface area contributed by atoms with E-state index in [1.54, 1.807) is 48.6 Å². The van der Waals surface area contributed by atoms with Crippen molar-refractivity contribution >= 4 is 40.4 Å². The molecular weight excluding hydrogens is 868 g/mol. The zero-order valence-corrected chi connectivity index (χ0v) is 31.1. The fourth-order valence-electron chi connectivity index (χ4n) is 2.05. The molecule has 0 aliphatic carbocycles. The standard InChI is InChI=1S/C10H11NO2.C9H9NO4.C4H9N.C4H8O.C3H7I.Ac/c1-2-7-11-10(13)8-5-3-4-6-9(8)12;11-7-4-2-1-3-6(7)9(14)10-5-8(12)13;2*1-2-3-4-5;1-2-3-4;/h2-6,12H,1,7H2,(H,11,13);1-4,11H,5H2,(H,10,14)(H,12,13);2H,1,3-5H2;2,5H,1,3-4H2;2-3H2,1H3;. The zero-order valence-electron chi connectivity index (χ0n) is 24.2. The Labute approximate surface area is 298 Å². The Morgan fingerprint density at radius 2 is 1.29 bits per heavy atom. The summed E-state index contributed by atoms with van der Waals surface area (Å²) in [7, 11) is 0. The largest absolute Gasteiger partial charge is 0.507 e. The van der Waals surface area contributed by atoms with Gasteiger partial charge in [-0.1, -0.05) is 72.0 Å². The number of phenolic OH excluding ortho intramolecular Hbond substituents is 2. The summed E-state index contributed by atoms with van der Waals surface area (Å²) in [6.07, 6.45) is 8.01. The molecule has 2 rings (SSSR count). The molecule has 10 nitrogen and oxygen atoms in total. The maximum absolute atomic E-state index is 11.3. The molecule has 0 bridgehead atoms. The number of phenols is 2. The smallest absolute Gasteiger partial charge is 0.322 e. The van der Waals surface area contributed by atoms with E-state index >= 15 is 0 Å². The van der Waals surface area contributed by atoms with Gasteiger partial charge in [0.05, 0.1) is 11.1 Å². The van der Waals surface area contributed by atoms with E-state index in [0.29, 0.717) is 13.0 Å². The number of carboxylic acids is 1. The second-order valence-corrected chi connectivity index (χ2v) is 8.54. The molecule has 0 atom stereocenters. The number of nitrogens with one attached hydrogen (secondary N) is 2. The molecule has 2 aromatic rings. The molecule has 2 amide bonds. The van der Waals surface area contributed by atoms with Crippen LogP contribution >= 0.6 is 22.6 Å². The molecule has 0 aliphatic heterocycles. The predicted molar refractivity (Wildman–Crippen MR) is 174 cm³/mol. The molecule has 0 saturated heterocycles. The Hall–Kier alpha value is -2.24. The third kappa shape index (κ3) is 29.3. The minimum absolute atomic E-state index is 0. The molecule has 2 aromatic carbocycles. The Morgan fingerprint density at radius 3 is 1.55 bits per heavy atom. The summed E-state index contributed by atoms with van der Waals surface area (Å²) in [6, 6.07) is 12.3. The van der Waals surface area contributed by atoms with Crippen LogP contribution in [0.25, 0.3) is 0 Å². The second kappa shape index (κ2) is 35.0. The van der Waals surface area contributed by atoms with E-state index in [2.05, 4.69) is 59.9 Å². The molecule has 0 saturated carbocycles. The summed E-state index contributed by atoms with van der Waals surface area (Å²) >= 11 is 2.35. The molecule has 0 aromatic heterocycles. The first kappa shape index (κ1) is 46.7. The van der Waals surface area contributed by atoms with Gasteiger partial charge in [0.25, 0.3) is 11.8 Å². The van der Waals surface area contributed by atoms with Crippen LogP contribution < -0.4 is 16.4 Å². The molecule has 0 heterocycles. The van der Waals surface area contributed by atoms with Crippen LogP contribution in [0.15, 0.2) is 86.5 Å². The first-order chi connectivity index (χ1) is 19.6. The molecule has 0 unspecified atom stereocenters. The topological polar surface area (TPSA) is 182 Å². The van der Waals surface area contributed by atoms with Crippen molar-refractivity contribution in [3.8, 4) is 11.5 Å². The molecule has 12 heteroatoms. The maximum Gasteiger partial charge on any atom is 0.322 e. The monoisotopic (exact) mass is 912 g/mol. The molecule has 231 valence electrons. The number of benzene rings is 2. The van der Waals surface area contributed by atoms with E-state index in [4.69, 9.17) is 15.9 Å². The number of amides is 2. The number of aliphatic hydroxyl groups is 1. The Balaban J connectivity index is -0.000000236. The Kier molecular flexibility index (Phi) is 38.9. The van der Waals surface area contributed by atoms with Crippen molar-refractivity contribution in [2.24, 2.45) is 5.73 Å². The Bertz CT molecular complexity index is 1010. The summed E-state index contributed by atoms with van der Waals surface area (Å²) in [4.78, 5) is 32.7. The number of aliphatic hydroxyl groups excluding tert-OH is 1. The quantitative estimate of drug-likeness (QED) is 0.0984. The number of hydrogen-bond donors (Lipinski definition) is 7. The minimum atomic E-state index is -1.13. The van der Waals surface area contributed by atoms with Gasteiger partial charge in [-0.2, -0.15) is 0 Å². The Morgan fingerprint density at radius 1 is 0.857 bits per heavy atom. The third-order valence-electron chi connectivity index (χ3n) is 4.00. The number of nitrogens with two attached hydrogens (primary N) is 1. The van der Waals surface area contributed by atoms with Crippen LogP contribution in [0, 0.1) is 44.1 Å². The van der Waals surface area contributed by atoms with Gasteiger partial charge in [-0.25, -0.2) is 0 Å². The van der Waals surface area contributed by atoms with Crippen LogP contribution in [0.3, 0.4) is 0 Å². The van der Waals surface area contributed by atoms with E-state index < -0.39 is 18.4 Å². The van der Waals surface area contributed by atoms with E-state index in [1.165, 1.54) is 29.0 Å². The number of aromatic hydroxyl groups is 2. The SMILES string of the molecule is C=CCCN.C=CCCO.C=CCNC(=O)c1ccccc1O.CCCI.O=C(O)CNC(=O)c1ccccc1O.[Ac]. The van der Waals surface area contributed by atoms with Gasteiger partial charge in [0, 0.05) is 57.2 Å². The first-order valence-corrected chi connectivity index (χ1v) is 14.2. The summed E-state index contributed by atoms with van der Waals surface area (Å²) in [5.74, 6) is -2.21. The van der Waals surface area contributed by atoms with Crippen LogP contribution in [0.5, 0.6) is 11.5 Å². The van der Waals surface area contributed by atoms with Gasteiger partial charge in [-0.05, 0) is 54.5 Å². The number of carbonyl (C=O) groups excluding carboxylic acids is 2. The van der Waals surface area contributed by atoms with Gasteiger partial charge in [0.1, 0.15) is 18.0 Å². The van der Waals surface area contributed by atoms with Gasteiger partial charge in [-0.3, -0.25) is 14.4 Å². The summed E-state index contributed by atoms with van der Waals surface area (Å²) in [5, 5.41) is 39.5. The first-order valence-electron chi connectivity index (χ1n) is 12.6. The molecule has 0 fully saturated rings. The van der Waals surface area contributed by atoms with Gasteiger partial charge in [0.15, 0.2) is 0 Å². The van der Waals surface area contributed by atoms with E-state index in [9.17, 15) is 24.6 Å². The second-order valence-electron chi connectivity index (χ2n) is 7.47. The predicted octanol–water partition coefficient (Wildman–Crippen LogP) is 4.42. The number of rotatable bonds is 11. The van der Waals surface area contributed by atoms with Gasteiger partial charge >= 0.3 is 5.97 Å². The van der Waals surface area contributed by atoms with E-state index in [0.717, 1.165) is 13.0 Å². The molecule has 8 N–H and O–H groups in total. The number of hydrogen-bond acceptors (Lipinski definition) is 7. The van der Waals surface area contributed by atoms with Crippen molar-refractivity contribution in [3.05, 3.63) is 97.6 Å².